The minimum absolute atomic E-state index is 0.0113. The summed E-state index contributed by atoms with van der Waals surface area (Å²) in [5, 5.41) is 47.5. The first-order valence-electron chi connectivity index (χ1n) is 12.3. The van der Waals surface area contributed by atoms with Crippen LogP contribution in [0.3, 0.4) is 0 Å². The molecule has 15 heteroatoms. The number of hydrogen-bond acceptors (Lipinski definition) is 10. The van der Waals surface area contributed by atoms with Crippen LogP contribution in [0.4, 0.5) is 0 Å². The molecule has 0 aliphatic carbocycles. The zero-order valence-corrected chi connectivity index (χ0v) is 21.5. The number of amidine groups is 1. The monoisotopic (exact) mass is 548 g/mol. The van der Waals surface area contributed by atoms with Gasteiger partial charge in [-0.2, -0.15) is 0 Å². The van der Waals surface area contributed by atoms with E-state index in [0.717, 1.165) is 0 Å². The van der Waals surface area contributed by atoms with Crippen LogP contribution in [0.15, 0.2) is 36.2 Å². The number of nitrogens with one attached hydrogen (secondary N) is 5. The van der Waals surface area contributed by atoms with Crippen LogP contribution in [0.2, 0.25) is 0 Å². The molecule has 6 unspecified atom stereocenters. The molecule has 2 rings (SSSR count). The number of aliphatic hydroxyl groups is 2. The second-order valence-electron chi connectivity index (χ2n) is 9.12. The zero-order valence-electron chi connectivity index (χ0n) is 21.5. The number of amides is 3. The predicted molar refractivity (Wildman–Crippen MR) is 139 cm³/mol. The molecule has 0 fully saturated rings. The SMILES string of the molecule is CC(O)C(N)C(=O)NC(CC1=CCNC1C(=N)N)C(=O)NCCCC(=O)NC(C(=O)O)C(O)c1cccnc1. The number of carboxylic acids is 1. The molecule has 6 atom stereocenters. The highest BCUT2D eigenvalue weighted by molar-refractivity contribution is 5.91. The maximum Gasteiger partial charge on any atom is 0.329 e. The van der Waals surface area contributed by atoms with Gasteiger partial charge in [0, 0.05) is 37.5 Å². The number of carbonyl (C=O) groups excluding carboxylic acids is 3. The van der Waals surface area contributed by atoms with E-state index in [-0.39, 0.29) is 37.2 Å². The summed E-state index contributed by atoms with van der Waals surface area (Å²) in [6.07, 6.45) is 1.83. The highest BCUT2D eigenvalue weighted by atomic mass is 16.4. The minimum Gasteiger partial charge on any atom is -0.480 e. The van der Waals surface area contributed by atoms with Crippen molar-refractivity contribution in [3.05, 3.63) is 41.7 Å². The van der Waals surface area contributed by atoms with Gasteiger partial charge in [-0.1, -0.05) is 12.1 Å². The zero-order chi connectivity index (χ0) is 29.1. The lowest BCUT2D eigenvalue weighted by Crippen LogP contribution is -2.55. The Morgan fingerprint density at radius 3 is 2.54 bits per heavy atom. The molecule has 3 amide bonds. The summed E-state index contributed by atoms with van der Waals surface area (Å²) < 4.78 is 0. The Labute approximate surface area is 224 Å². The van der Waals surface area contributed by atoms with Crippen LogP contribution in [-0.2, 0) is 19.2 Å². The number of nitrogens with two attached hydrogens (primary N) is 2. The van der Waals surface area contributed by atoms with E-state index in [9.17, 15) is 34.5 Å². The van der Waals surface area contributed by atoms with Gasteiger partial charge >= 0.3 is 5.97 Å². The van der Waals surface area contributed by atoms with Gasteiger partial charge in [0.1, 0.15) is 24.0 Å². The first kappa shape index (κ1) is 31.3. The molecular formula is C24H36N8O7. The standard InChI is InChI=1S/C24H36N8O7/c1-12(33)17(25)23(37)31-15(10-13-6-9-29-18(13)21(26)27)22(36)30-8-3-5-16(34)32-19(24(38)39)20(35)14-4-2-7-28-11-14/h2,4,6-7,11-12,15,17-20,29,33,35H,3,5,8-10,25H2,1H3,(H3,26,27)(H,30,36)(H,31,37)(H,32,34)(H,38,39). The second kappa shape index (κ2) is 14.9. The van der Waals surface area contributed by atoms with E-state index in [2.05, 4.69) is 26.3 Å². The molecule has 15 nitrogen and oxygen atoms in total. The van der Waals surface area contributed by atoms with E-state index in [1.807, 2.05) is 0 Å². The molecule has 39 heavy (non-hydrogen) atoms. The Balaban J connectivity index is 1.94. The van der Waals surface area contributed by atoms with Crippen molar-refractivity contribution in [2.45, 2.75) is 62.6 Å². The summed E-state index contributed by atoms with van der Waals surface area (Å²) in [6.45, 7) is 1.78. The average molecular weight is 549 g/mol. The first-order chi connectivity index (χ1) is 18.4. The van der Waals surface area contributed by atoms with Crippen molar-refractivity contribution in [1.82, 2.24) is 26.3 Å². The van der Waals surface area contributed by atoms with Gasteiger partial charge < -0.3 is 48.1 Å². The summed E-state index contributed by atoms with van der Waals surface area (Å²) in [5.74, 6) is -3.57. The maximum absolute atomic E-state index is 12.9. The molecule has 0 aromatic carbocycles. The van der Waals surface area contributed by atoms with Crippen LogP contribution in [0.5, 0.6) is 0 Å². The number of aliphatic carboxylic acids is 1. The number of hydrogen-bond donors (Lipinski definition) is 10. The third-order valence-corrected chi connectivity index (χ3v) is 6.07. The van der Waals surface area contributed by atoms with E-state index in [1.54, 1.807) is 6.08 Å². The van der Waals surface area contributed by atoms with Crippen LogP contribution in [0.1, 0.15) is 37.9 Å². The van der Waals surface area contributed by atoms with Crippen LogP contribution in [0.25, 0.3) is 0 Å². The number of pyridine rings is 1. The lowest BCUT2D eigenvalue weighted by Gasteiger charge is -2.24. The largest absolute Gasteiger partial charge is 0.480 e. The number of carboxylic acid groups (broad SMARTS) is 1. The molecule has 1 aliphatic heterocycles. The number of aromatic nitrogens is 1. The van der Waals surface area contributed by atoms with Crippen molar-refractivity contribution in [3.63, 3.8) is 0 Å². The number of aliphatic hydroxyl groups excluding tert-OH is 2. The molecule has 0 saturated heterocycles. The molecule has 214 valence electrons. The van der Waals surface area contributed by atoms with Crippen molar-refractivity contribution in [1.29, 1.82) is 5.41 Å². The summed E-state index contributed by atoms with van der Waals surface area (Å²) in [5.41, 5.74) is 12.1. The number of nitrogens with zero attached hydrogens (tertiary/aromatic N) is 1. The lowest BCUT2D eigenvalue weighted by molar-refractivity contribution is -0.145. The van der Waals surface area contributed by atoms with E-state index < -0.39 is 60.1 Å². The van der Waals surface area contributed by atoms with Crippen LogP contribution in [-0.4, -0.2) is 93.2 Å². The second-order valence-corrected chi connectivity index (χ2v) is 9.12. The summed E-state index contributed by atoms with van der Waals surface area (Å²) in [7, 11) is 0. The first-order valence-corrected chi connectivity index (χ1v) is 12.3. The van der Waals surface area contributed by atoms with Gasteiger partial charge in [-0.25, -0.2) is 4.79 Å². The molecule has 1 aromatic heterocycles. The van der Waals surface area contributed by atoms with E-state index in [4.69, 9.17) is 16.9 Å². The Kier molecular flexibility index (Phi) is 11.9. The fraction of sp³-hybridized carbons (Fsp3) is 0.500. The molecular weight excluding hydrogens is 512 g/mol. The van der Waals surface area contributed by atoms with Crippen molar-refractivity contribution in [2.75, 3.05) is 13.1 Å². The molecule has 12 N–H and O–H groups in total. The normalized spacial score (nSPS) is 18.6. The van der Waals surface area contributed by atoms with Crippen LogP contribution in [0, 0.1) is 5.41 Å². The highest BCUT2D eigenvalue weighted by Crippen LogP contribution is 2.17. The van der Waals surface area contributed by atoms with Gasteiger partial charge in [0.25, 0.3) is 0 Å². The van der Waals surface area contributed by atoms with E-state index >= 15 is 0 Å². The summed E-state index contributed by atoms with van der Waals surface area (Å²) in [6, 6.07) is -1.56. The topological polar surface area (TPSA) is 266 Å². The average Bonchev–Trinajstić information content (AvgIpc) is 3.37. The molecule has 1 aliphatic rings. The third-order valence-electron chi connectivity index (χ3n) is 6.07. The van der Waals surface area contributed by atoms with Gasteiger partial charge in [-0.05, 0) is 31.4 Å². The minimum atomic E-state index is -1.60. The van der Waals surface area contributed by atoms with Crippen molar-refractivity contribution < 1.29 is 34.5 Å². The molecule has 0 radical (unpaired) electrons. The van der Waals surface area contributed by atoms with Crippen molar-refractivity contribution in [2.24, 2.45) is 11.5 Å². The van der Waals surface area contributed by atoms with Gasteiger partial charge in [0.05, 0.1) is 12.1 Å². The van der Waals surface area contributed by atoms with Crippen LogP contribution < -0.4 is 32.7 Å². The summed E-state index contributed by atoms with van der Waals surface area (Å²) >= 11 is 0. The predicted octanol–water partition coefficient (Wildman–Crippen LogP) is -3.00. The molecule has 0 saturated carbocycles. The number of carbonyl (C=O) groups is 4. The van der Waals surface area contributed by atoms with Crippen molar-refractivity contribution in [3.8, 4) is 0 Å². The molecule has 1 aromatic rings. The van der Waals surface area contributed by atoms with Crippen molar-refractivity contribution >= 4 is 29.5 Å². The number of rotatable bonds is 15. The Morgan fingerprint density at radius 1 is 1.23 bits per heavy atom. The molecule has 0 spiro atoms. The van der Waals surface area contributed by atoms with Gasteiger partial charge in [0.15, 0.2) is 6.04 Å². The summed E-state index contributed by atoms with van der Waals surface area (Å²) in [4.78, 5) is 53.1. The Bertz CT molecular complexity index is 1070. The van der Waals surface area contributed by atoms with E-state index in [1.165, 1.54) is 31.5 Å². The fourth-order valence-electron chi connectivity index (χ4n) is 3.85. The van der Waals surface area contributed by atoms with Gasteiger partial charge in [0.2, 0.25) is 17.7 Å². The molecule has 0 bridgehead atoms. The molecule has 2 heterocycles. The lowest BCUT2D eigenvalue weighted by atomic mass is 9.99. The quantitative estimate of drug-likeness (QED) is 0.0456. The smallest absolute Gasteiger partial charge is 0.329 e. The van der Waals surface area contributed by atoms with Gasteiger partial charge in [-0.15, -0.1) is 0 Å². The van der Waals surface area contributed by atoms with Gasteiger partial charge in [-0.3, -0.25) is 24.8 Å². The van der Waals surface area contributed by atoms with E-state index in [0.29, 0.717) is 12.1 Å². The third kappa shape index (κ3) is 9.40. The highest BCUT2D eigenvalue weighted by Gasteiger charge is 2.31. The fourth-order valence-corrected chi connectivity index (χ4v) is 3.85. The maximum atomic E-state index is 12.9. The van der Waals surface area contributed by atoms with Crippen LogP contribution >= 0.6 is 0 Å². The Morgan fingerprint density at radius 2 is 1.95 bits per heavy atom. The Hall–Kier alpha value is -3.92.